The lowest BCUT2D eigenvalue weighted by Crippen LogP contribution is -2.25. The number of para-hydroxylation sites is 2. The van der Waals surface area contributed by atoms with Gasteiger partial charge in [0.2, 0.25) is 5.82 Å². The fraction of sp³-hybridized carbons (Fsp3) is 0.235. The Hall–Kier alpha value is -3.47. The summed E-state index contributed by atoms with van der Waals surface area (Å²) in [5.74, 6) is 0.901. The van der Waals surface area contributed by atoms with Crippen LogP contribution in [-0.2, 0) is 6.54 Å². The van der Waals surface area contributed by atoms with Gasteiger partial charge in [-0.1, -0.05) is 12.1 Å². The summed E-state index contributed by atoms with van der Waals surface area (Å²) < 4.78 is 2.11. The second kappa shape index (κ2) is 6.97. The lowest BCUT2D eigenvalue weighted by atomic mass is 10.2. The Balaban J connectivity index is 1.77. The average molecular weight is 336 g/mol. The second-order valence-corrected chi connectivity index (χ2v) is 5.81. The Morgan fingerprint density at radius 2 is 2.08 bits per heavy atom. The number of carbonyl (C=O) groups excluding carboxylic acids is 1. The highest BCUT2D eigenvalue weighted by Gasteiger charge is 2.14. The molecule has 0 unspecified atom stereocenters. The Kier molecular flexibility index (Phi) is 4.57. The zero-order valence-electron chi connectivity index (χ0n) is 14.0. The van der Waals surface area contributed by atoms with Crippen molar-refractivity contribution < 1.29 is 4.79 Å². The van der Waals surface area contributed by atoms with Gasteiger partial charge in [-0.3, -0.25) is 4.79 Å². The number of anilines is 1. The third-order valence-electron chi connectivity index (χ3n) is 3.78. The lowest BCUT2D eigenvalue weighted by Gasteiger charge is -2.13. The standard InChI is InChI=1S/C17H17N7O/c1-11(2)24-14-6-4-3-5-13(14)21-16(24)10-20-17(25)12-7-8-15(19-9-12)22-23-18/h3-9,11H,10H2,1-2H3,(H-,19,20,22,25)/p+1. The minimum atomic E-state index is -0.248. The first-order valence-corrected chi connectivity index (χ1v) is 7.90. The van der Waals surface area contributed by atoms with Crippen molar-refractivity contribution in [2.45, 2.75) is 26.4 Å². The third kappa shape index (κ3) is 3.40. The Morgan fingerprint density at radius 1 is 1.28 bits per heavy atom. The largest absolute Gasteiger partial charge is 0.345 e. The van der Waals surface area contributed by atoms with E-state index in [0.717, 1.165) is 16.9 Å². The van der Waals surface area contributed by atoms with Crippen molar-refractivity contribution in [3.8, 4) is 0 Å². The molecule has 0 aliphatic heterocycles. The number of aromatic nitrogens is 3. The van der Waals surface area contributed by atoms with E-state index in [-0.39, 0.29) is 11.9 Å². The van der Waals surface area contributed by atoms with E-state index in [2.05, 4.69) is 44.2 Å². The molecule has 126 valence electrons. The molecular weight excluding hydrogens is 318 g/mol. The number of nitrogens with zero attached hydrogens (tertiary/aromatic N) is 5. The van der Waals surface area contributed by atoms with Gasteiger partial charge in [0, 0.05) is 17.7 Å². The molecule has 0 saturated heterocycles. The Bertz CT molecular complexity index is 938. The van der Waals surface area contributed by atoms with Gasteiger partial charge in [-0.25, -0.2) is 9.97 Å². The van der Waals surface area contributed by atoms with E-state index < -0.39 is 0 Å². The van der Waals surface area contributed by atoms with Crippen LogP contribution in [0, 0.1) is 5.39 Å². The first-order valence-electron chi connectivity index (χ1n) is 7.90. The highest BCUT2D eigenvalue weighted by Crippen LogP contribution is 2.20. The van der Waals surface area contributed by atoms with Crippen LogP contribution in [0.25, 0.3) is 16.1 Å². The van der Waals surface area contributed by atoms with Crippen molar-refractivity contribution in [3.05, 3.63) is 59.1 Å². The molecule has 3 aromatic rings. The lowest BCUT2D eigenvalue weighted by molar-refractivity contribution is 0.0949. The van der Waals surface area contributed by atoms with Crippen molar-refractivity contribution in [1.29, 1.82) is 5.39 Å². The molecule has 0 atom stereocenters. The van der Waals surface area contributed by atoms with Crippen LogP contribution in [0.4, 0.5) is 5.82 Å². The summed E-state index contributed by atoms with van der Waals surface area (Å²) in [6, 6.07) is 11.3. The first-order chi connectivity index (χ1) is 12.1. The molecule has 3 rings (SSSR count). The summed E-state index contributed by atoms with van der Waals surface area (Å²) in [7, 11) is 0. The SMILES string of the molecule is CC(C)n1c(CNC(=O)c2ccc(N[N+]#N)nc2)nc2ccccc21. The number of amides is 1. The number of hydrogen-bond acceptors (Lipinski definition) is 5. The Morgan fingerprint density at radius 3 is 2.76 bits per heavy atom. The topological polar surface area (TPSA) is 100.0 Å². The summed E-state index contributed by atoms with van der Waals surface area (Å²) in [5.41, 5.74) is 4.66. The van der Waals surface area contributed by atoms with Gasteiger partial charge in [0.15, 0.2) is 0 Å². The predicted molar refractivity (Wildman–Crippen MR) is 94.2 cm³/mol. The maximum absolute atomic E-state index is 12.3. The summed E-state index contributed by atoms with van der Waals surface area (Å²) in [5, 5.41) is 14.1. The van der Waals surface area contributed by atoms with Crippen molar-refractivity contribution in [2.24, 2.45) is 0 Å². The van der Waals surface area contributed by atoms with E-state index in [0.29, 0.717) is 17.9 Å². The molecule has 1 aromatic carbocycles. The van der Waals surface area contributed by atoms with Crippen LogP contribution in [0.5, 0.6) is 0 Å². The smallest absolute Gasteiger partial charge is 0.309 e. The summed E-state index contributed by atoms with van der Waals surface area (Å²) in [6.45, 7) is 4.49. The molecule has 8 heteroatoms. The van der Waals surface area contributed by atoms with E-state index in [4.69, 9.17) is 5.39 Å². The predicted octanol–water partition coefficient (Wildman–Crippen LogP) is 3.12. The zero-order chi connectivity index (χ0) is 17.8. The molecule has 2 aromatic heterocycles. The molecule has 8 nitrogen and oxygen atoms in total. The molecular formula is C17H18N7O+. The minimum absolute atomic E-state index is 0.230. The zero-order valence-corrected chi connectivity index (χ0v) is 14.0. The summed E-state index contributed by atoms with van der Waals surface area (Å²) in [4.78, 5) is 20.9. The quantitative estimate of drug-likeness (QED) is 0.551. The van der Waals surface area contributed by atoms with Crippen molar-refractivity contribution >= 4 is 22.8 Å². The van der Waals surface area contributed by atoms with E-state index in [9.17, 15) is 4.79 Å². The molecule has 2 N–H and O–H groups in total. The number of benzene rings is 1. The summed E-state index contributed by atoms with van der Waals surface area (Å²) >= 11 is 0. The first kappa shape index (κ1) is 16.4. The van der Waals surface area contributed by atoms with Crippen LogP contribution in [0.15, 0.2) is 42.6 Å². The summed E-state index contributed by atoms with van der Waals surface area (Å²) in [6.07, 6.45) is 1.41. The van der Waals surface area contributed by atoms with Crippen molar-refractivity contribution in [3.63, 3.8) is 0 Å². The molecule has 25 heavy (non-hydrogen) atoms. The van der Waals surface area contributed by atoms with E-state index >= 15 is 0 Å². The number of carbonyl (C=O) groups is 1. The number of fused-ring (bicyclic) bond motifs is 1. The molecule has 0 radical (unpaired) electrons. The molecule has 0 aliphatic rings. The van der Waals surface area contributed by atoms with E-state index in [1.807, 2.05) is 24.3 Å². The number of hydrogen-bond donors (Lipinski definition) is 2. The second-order valence-electron chi connectivity index (χ2n) is 5.81. The third-order valence-corrected chi connectivity index (χ3v) is 3.78. The van der Waals surface area contributed by atoms with Crippen molar-refractivity contribution in [2.75, 3.05) is 5.43 Å². The maximum Gasteiger partial charge on any atom is 0.309 e. The fourth-order valence-electron chi connectivity index (χ4n) is 2.70. The van der Waals surface area contributed by atoms with Crippen LogP contribution in [-0.4, -0.2) is 20.4 Å². The van der Waals surface area contributed by atoms with Gasteiger partial charge in [-0.05, 0) is 38.1 Å². The van der Waals surface area contributed by atoms with Crippen LogP contribution >= 0.6 is 0 Å². The molecule has 0 saturated carbocycles. The van der Waals surface area contributed by atoms with Gasteiger partial charge in [0.25, 0.3) is 11.3 Å². The molecule has 0 spiro atoms. The maximum atomic E-state index is 12.3. The van der Waals surface area contributed by atoms with Crippen LogP contribution in [0.3, 0.4) is 0 Å². The van der Waals surface area contributed by atoms with Gasteiger partial charge < -0.3 is 9.88 Å². The minimum Gasteiger partial charge on any atom is -0.345 e. The molecule has 2 heterocycles. The van der Waals surface area contributed by atoms with Crippen LogP contribution < -0.4 is 10.7 Å². The normalized spacial score (nSPS) is 10.6. The number of rotatable bonds is 5. The van der Waals surface area contributed by atoms with Gasteiger partial charge in [-0.2, -0.15) is 0 Å². The van der Waals surface area contributed by atoms with Gasteiger partial charge in [-0.15, -0.1) is 0 Å². The van der Waals surface area contributed by atoms with Gasteiger partial charge >= 0.3 is 5.08 Å². The fourth-order valence-corrected chi connectivity index (χ4v) is 2.70. The van der Waals surface area contributed by atoms with Crippen LogP contribution in [0.2, 0.25) is 0 Å². The average Bonchev–Trinajstić information content (AvgIpc) is 2.99. The number of nitrogens with one attached hydrogen (secondary N) is 2. The molecule has 1 amide bonds. The molecule has 0 fully saturated rings. The van der Waals surface area contributed by atoms with E-state index in [1.54, 1.807) is 12.1 Å². The number of imidazole rings is 1. The van der Waals surface area contributed by atoms with E-state index in [1.165, 1.54) is 6.20 Å². The highest BCUT2D eigenvalue weighted by atomic mass is 16.1. The number of diazo groups is 1. The van der Waals surface area contributed by atoms with Gasteiger partial charge in [0.05, 0.1) is 23.1 Å². The molecule has 0 aliphatic carbocycles. The molecule has 0 bridgehead atoms. The van der Waals surface area contributed by atoms with Crippen molar-refractivity contribution in [1.82, 2.24) is 19.9 Å². The Labute approximate surface area is 144 Å². The highest BCUT2D eigenvalue weighted by molar-refractivity contribution is 5.94. The van der Waals surface area contributed by atoms with Crippen LogP contribution in [0.1, 0.15) is 36.1 Å². The van der Waals surface area contributed by atoms with Gasteiger partial charge in [0.1, 0.15) is 5.82 Å². The monoisotopic (exact) mass is 336 g/mol. The number of pyridine rings is 1.